The average molecular weight is 325 g/mol. The minimum absolute atomic E-state index is 0. The van der Waals surface area contributed by atoms with Crippen molar-refractivity contribution in [1.82, 2.24) is 5.32 Å². The second kappa shape index (κ2) is 7.98. The van der Waals surface area contributed by atoms with Crippen LogP contribution in [0.2, 0.25) is 0 Å². The molecule has 3 N–H and O–H groups in total. The monoisotopic (exact) mass is 324 g/mol. The van der Waals surface area contributed by atoms with Crippen LogP contribution in [0.3, 0.4) is 0 Å². The molecule has 1 aliphatic rings. The molecule has 0 heterocycles. The van der Waals surface area contributed by atoms with Crippen LogP contribution in [0, 0.1) is 5.92 Å². The SMILES string of the molecule is CC(C)(C)c1ccc(CCNC(=O)C2CCC(N)C2)cc1.Cl. The van der Waals surface area contributed by atoms with Gasteiger partial charge in [0, 0.05) is 18.5 Å². The molecule has 1 amide bonds. The molecular weight excluding hydrogens is 296 g/mol. The second-order valence-corrected chi connectivity index (χ2v) is 7.26. The lowest BCUT2D eigenvalue weighted by molar-refractivity contribution is -0.124. The lowest BCUT2D eigenvalue weighted by Crippen LogP contribution is -2.31. The summed E-state index contributed by atoms with van der Waals surface area (Å²) in [7, 11) is 0. The molecule has 22 heavy (non-hydrogen) atoms. The molecule has 1 aromatic rings. The highest BCUT2D eigenvalue weighted by atomic mass is 35.5. The number of carbonyl (C=O) groups is 1. The van der Waals surface area contributed by atoms with Crippen molar-refractivity contribution in [3.8, 4) is 0 Å². The summed E-state index contributed by atoms with van der Waals surface area (Å²) in [6, 6.07) is 8.92. The van der Waals surface area contributed by atoms with E-state index in [9.17, 15) is 4.79 Å². The van der Waals surface area contributed by atoms with Crippen molar-refractivity contribution < 1.29 is 4.79 Å². The van der Waals surface area contributed by atoms with Crippen LogP contribution in [0.5, 0.6) is 0 Å². The molecule has 0 aromatic heterocycles. The first-order valence-electron chi connectivity index (χ1n) is 7.99. The average Bonchev–Trinajstić information content (AvgIpc) is 2.85. The highest BCUT2D eigenvalue weighted by Crippen LogP contribution is 2.24. The van der Waals surface area contributed by atoms with Gasteiger partial charge in [0.2, 0.25) is 5.91 Å². The lowest BCUT2D eigenvalue weighted by atomic mass is 9.86. The number of hydrogen-bond acceptors (Lipinski definition) is 2. The molecular formula is C18H29ClN2O. The molecule has 2 atom stereocenters. The molecule has 2 rings (SSSR count). The van der Waals surface area contributed by atoms with Crippen LogP contribution < -0.4 is 11.1 Å². The standard InChI is InChI=1S/C18H28N2O.ClH/c1-18(2,3)15-7-4-13(5-8-15)10-11-20-17(21)14-6-9-16(19)12-14;/h4-5,7-8,14,16H,6,9-12,19H2,1-3H3,(H,20,21);1H. The lowest BCUT2D eigenvalue weighted by Gasteiger charge is -2.19. The second-order valence-electron chi connectivity index (χ2n) is 7.26. The van der Waals surface area contributed by atoms with E-state index in [0.29, 0.717) is 6.54 Å². The van der Waals surface area contributed by atoms with E-state index in [1.165, 1.54) is 11.1 Å². The Morgan fingerprint density at radius 3 is 2.36 bits per heavy atom. The number of rotatable bonds is 4. The van der Waals surface area contributed by atoms with E-state index in [1.54, 1.807) is 0 Å². The summed E-state index contributed by atoms with van der Waals surface area (Å²) in [5, 5.41) is 3.04. The number of nitrogens with one attached hydrogen (secondary N) is 1. The van der Waals surface area contributed by atoms with Gasteiger partial charge in [0.25, 0.3) is 0 Å². The van der Waals surface area contributed by atoms with Crippen LogP contribution in [-0.4, -0.2) is 18.5 Å². The topological polar surface area (TPSA) is 55.1 Å². The number of nitrogens with two attached hydrogens (primary N) is 1. The maximum absolute atomic E-state index is 12.0. The van der Waals surface area contributed by atoms with Crippen LogP contribution in [0.15, 0.2) is 24.3 Å². The molecule has 1 fully saturated rings. The third-order valence-electron chi connectivity index (χ3n) is 4.38. The molecule has 0 bridgehead atoms. The predicted octanol–water partition coefficient (Wildman–Crippen LogP) is 3.19. The van der Waals surface area contributed by atoms with Gasteiger partial charge in [-0.3, -0.25) is 4.79 Å². The summed E-state index contributed by atoms with van der Waals surface area (Å²) >= 11 is 0. The fourth-order valence-electron chi connectivity index (χ4n) is 2.90. The van der Waals surface area contributed by atoms with Gasteiger partial charge in [-0.2, -0.15) is 0 Å². The first kappa shape index (κ1) is 19.0. The fraction of sp³-hybridized carbons (Fsp3) is 0.611. The van der Waals surface area contributed by atoms with Crippen molar-refractivity contribution >= 4 is 18.3 Å². The molecule has 1 aliphatic carbocycles. The number of amides is 1. The van der Waals surface area contributed by atoms with Crippen molar-refractivity contribution in [2.24, 2.45) is 11.7 Å². The number of hydrogen-bond donors (Lipinski definition) is 2. The summed E-state index contributed by atoms with van der Waals surface area (Å²) in [5.41, 5.74) is 8.65. The summed E-state index contributed by atoms with van der Waals surface area (Å²) in [6.45, 7) is 7.36. The minimum Gasteiger partial charge on any atom is -0.356 e. The number of carbonyl (C=O) groups excluding carboxylic acids is 1. The molecule has 0 radical (unpaired) electrons. The minimum atomic E-state index is 0. The third-order valence-corrected chi connectivity index (χ3v) is 4.38. The summed E-state index contributed by atoms with van der Waals surface area (Å²) in [4.78, 5) is 12.0. The zero-order valence-electron chi connectivity index (χ0n) is 13.9. The normalized spacial score (nSPS) is 21.3. The largest absolute Gasteiger partial charge is 0.356 e. The van der Waals surface area contributed by atoms with E-state index in [2.05, 4.69) is 50.4 Å². The molecule has 1 aromatic carbocycles. The molecule has 2 unspecified atom stereocenters. The van der Waals surface area contributed by atoms with Crippen LogP contribution in [-0.2, 0) is 16.6 Å². The van der Waals surface area contributed by atoms with Gasteiger partial charge in [-0.05, 0) is 42.2 Å². The van der Waals surface area contributed by atoms with Gasteiger partial charge in [0.05, 0.1) is 0 Å². The maximum atomic E-state index is 12.0. The smallest absolute Gasteiger partial charge is 0.223 e. The van der Waals surface area contributed by atoms with Crippen molar-refractivity contribution in [1.29, 1.82) is 0 Å². The van der Waals surface area contributed by atoms with Gasteiger partial charge in [-0.15, -0.1) is 12.4 Å². The predicted molar refractivity (Wildman–Crippen MR) is 94.4 cm³/mol. The molecule has 0 spiro atoms. The van der Waals surface area contributed by atoms with Gasteiger partial charge in [-0.1, -0.05) is 45.0 Å². The Bertz CT molecular complexity index is 479. The van der Waals surface area contributed by atoms with Crippen molar-refractivity contribution in [3.05, 3.63) is 35.4 Å². The van der Waals surface area contributed by atoms with Crippen LogP contribution in [0.1, 0.15) is 51.2 Å². The Kier molecular flexibility index (Phi) is 6.89. The van der Waals surface area contributed by atoms with E-state index in [-0.39, 0.29) is 35.7 Å². The number of halogens is 1. The first-order valence-corrected chi connectivity index (χ1v) is 7.99. The summed E-state index contributed by atoms with van der Waals surface area (Å²) in [6.07, 6.45) is 3.64. The van der Waals surface area contributed by atoms with Gasteiger partial charge in [0.1, 0.15) is 0 Å². The van der Waals surface area contributed by atoms with E-state index >= 15 is 0 Å². The zero-order valence-corrected chi connectivity index (χ0v) is 14.7. The Morgan fingerprint density at radius 1 is 1.23 bits per heavy atom. The summed E-state index contributed by atoms with van der Waals surface area (Å²) < 4.78 is 0. The van der Waals surface area contributed by atoms with Gasteiger partial charge < -0.3 is 11.1 Å². The van der Waals surface area contributed by atoms with Crippen LogP contribution in [0.25, 0.3) is 0 Å². The molecule has 1 saturated carbocycles. The Hall–Kier alpha value is -1.06. The Balaban J connectivity index is 0.00000242. The quantitative estimate of drug-likeness (QED) is 0.893. The Morgan fingerprint density at radius 2 is 1.86 bits per heavy atom. The first-order chi connectivity index (χ1) is 9.86. The molecule has 4 heteroatoms. The fourth-order valence-corrected chi connectivity index (χ4v) is 2.90. The van der Waals surface area contributed by atoms with E-state index in [1.807, 2.05) is 0 Å². The summed E-state index contributed by atoms with van der Waals surface area (Å²) in [5.74, 6) is 0.303. The van der Waals surface area contributed by atoms with E-state index in [0.717, 1.165) is 25.7 Å². The van der Waals surface area contributed by atoms with Gasteiger partial charge >= 0.3 is 0 Å². The molecule has 3 nitrogen and oxygen atoms in total. The highest BCUT2D eigenvalue weighted by Gasteiger charge is 2.27. The molecule has 0 saturated heterocycles. The Labute approximate surface area is 140 Å². The zero-order chi connectivity index (χ0) is 15.5. The van der Waals surface area contributed by atoms with E-state index < -0.39 is 0 Å². The third kappa shape index (κ3) is 5.29. The van der Waals surface area contributed by atoms with Crippen molar-refractivity contribution in [2.75, 3.05) is 6.54 Å². The van der Waals surface area contributed by atoms with Gasteiger partial charge in [0.15, 0.2) is 0 Å². The highest BCUT2D eigenvalue weighted by molar-refractivity contribution is 5.85. The maximum Gasteiger partial charge on any atom is 0.223 e. The van der Waals surface area contributed by atoms with Crippen LogP contribution >= 0.6 is 12.4 Å². The van der Waals surface area contributed by atoms with E-state index in [4.69, 9.17) is 5.73 Å². The van der Waals surface area contributed by atoms with Crippen molar-refractivity contribution in [3.63, 3.8) is 0 Å². The number of benzene rings is 1. The van der Waals surface area contributed by atoms with Crippen molar-refractivity contribution in [2.45, 2.75) is 57.9 Å². The van der Waals surface area contributed by atoms with Crippen LogP contribution in [0.4, 0.5) is 0 Å². The van der Waals surface area contributed by atoms with Gasteiger partial charge in [-0.25, -0.2) is 0 Å². The molecule has 0 aliphatic heterocycles. The molecule has 124 valence electrons.